The highest BCUT2D eigenvalue weighted by Crippen LogP contribution is 2.17. The fraction of sp³-hybridized carbons (Fsp3) is 0.312. The van der Waals surface area contributed by atoms with Crippen LogP contribution in [0.3, 0.4) is 0 Å². The molecule has 124 valence electrons. The van der Waals surface area contributed by atoms with E-state index in [1.807, 2.05) is 0 Å². The molecule has 0 unspecified atom stereocenters. The molecular weight excluding hydrogens is 316 g/mol. The molecule has 2 N–H and O–H groups in total. The van der Waals surface area contributed by atoms with Crippen LogP contribution in [0.2, 0.25) is 0 Å². The fourth-order valence-electron chi connectivity index (χ4n) is 1.62. The molecule has 0 saturated carbocycles. The van der Waals surface area contributed by atoms with Gasteiger partial charge in [0, 0.05) is 18.2 Å². The van der Waals surface area contributed by atoms with E-state index in [0.717, 1.165) is 0 Å². The van der Waals surface area contributed by atoms with E-state index in [9.17, 15) is 9.59 Å². The Morgan fingerprint density at radius 2 is 2.13 bits per heavy atom. The van der Waals surface area contributed by atoms with Crippen molar-refractivity contribution in [1.82, 2.24) is 5.32 Å². The molecule has 0 atom stereocenters. The third-order valence-electron chi connectivity index (χ3n) is 2.57. The lowest BCUT2D eigenvalue weighted by molar-refractivity contribution is -0.144. The fourth-order valence-corrected chi connectivity index (χ4v) is 1.85. The van der Waals surface area contributed by atoms with E-state index in [-0.39, 0.29) is 23.9 Å². The molecule has 23 heavy (non-hydrogen) atoms. The maximum atomic E-state index is 11.7. The first-order valence-electron chi connectivity index (χ1n) is 7.15. The summed E-state index contributed by atoms with van der Waals surface area (Å²) in [5.41, 5.74) is 0.683. The number of thiocarbonyl (C=S) groups is 1. The molecule has 0 heterocycles. The van der Waals surface area contributed by atoms with E-state index in [4.69, 9.17) is 21.7 Å². The van der Waals surface area contributed by atoms with Gasteiger partial charge in [0.1, 0.15) is 12.4 Å². The quantitative estimate of drug-likeness (QED) is 0.431. The molecule has 1 aromatic rings. The van der Waals surface area contributed by atoms with E-state index >= 15 is 0 Å². The highest BCUT2D eigenvalue weighted by molar-refractivity contribution is 7.80. The van der Waals surface area contributed by atoms with Crippen LogP contribution in [0.15, 0.2) is 36.9 Å². The first-order chi connectivity index (χ1) is 11.0. The zero-order chi connectivity index (χ0) is 17.1. The second-order valence-electron chi connectivity index (χ2n) is 4.43. The lowest BCUT2D eigenvalue weighted by Crippen LogP contribution is -2.34. The molecule has 1 rings (SSSR count). The first kappa shape index (κ1) is 18.6. The minimum Gasteiger partial charge on any atom is -0.489 e. The largest absolute Gasteiger partial charge is 0.489 e. The van der Waals surface area contributed by atoms with Gasteiger partial charge in [0.05, 0.1) is 13.0 Å². The Kier molecular flexibility index (Phi) is 8.38. The first-order valence-corrected chi connectivity index (χ1v) is 7.56. The van der Waals surface area contributed by atoms with Crippen molar-refractivity contribution in [1.29, 1.82) is 0 Å². The molecule has 0 aliphatic heterocycles. The van der Waals surface area contributed by atoms with E-state index in [1.165, 1.54) is 0 Å². The average Bonchev–Trinajstić information content (AvgIpc) is 2.51. The van der Waals surface area contributed by atoms with Gasteiger partial charge in [-0.3, -0.25) is 9.59 Å². The summed E-state index contributed by atoms with van der Waals surface area (Å²) in [6.07, 6.45) is 1.69. The number of nitrogens with one attached hydrogen (secondary N) is 2. The molecule has 0 aliphatic rings. The third kappa shape index (κ3) is 7.96. The smallest absolute Gasteiger partial charge is 0.306 e. The Morgan fingerprint density at radius 3 is 2.83 bits per heavy atom. The van der Waals surface area contributed by atoms with Crippen LogP contribution >= 0.6 is 12.2 Å². The summed E-state index contributed by atoms with van der Waals surface area (Å²) in [6.45, 7) is 5.99. The molecule has 0 fully saturated rings. The van der Waals surface area contributed by atoms with E-state index in [2.05, 4.69) is 17.2 Å². The summed E-state index contributed by atoms with van der Waals surface area (Å²) in [7, 11) is 0. The number of anilines is 1. The van der Waals surface area contributed by atoms with Crippen molar-refractivity contribution in [2.45, 2.75) is 19.8 Å². The van der Waals surface area contributed by atoms with Crippen LogP contribution in [0, 0.1) is 0 Å². The van der Waals surface area contributed by atoms with Crippen molar-refractivity contribution >= 4 is 34.9 Å². The summed E-state index contributed by atoms with van der Waals surface area (Å²) in [5.74, 6) is -0.102. The molecule has 0 bridgehead atoms. The van der Waals surface area contributed by atoms with Gasteiger partial charge in [0.2, 0.25) is 5.91 Å². The Labute approximate surface area is 140 Å². The molecule has 1 aromatic carbocycles. The highest BCUT2D eigenvalue weighted by Gasteiger charge is 2.09. The van der Waals surface area contributed by atoms with Crippen LogP contribution < -0.4 is 15.4 Å². The highest BCUT2D eigenvalue weighted by atomic mass is 32.1. The van der Waals surface area contributed by atoms with Gasteiger partial charge in [-0.25, -0.2) is 0 Å². The minimum absolute atomic E-state index is 0.0170. The molecule has 0 aromatic heterocycles. The molecule has 7 heteroatoms. The standard InChI is InChI=1S/C16H20N2O4S/c1-3-10-22-13-7-5-6-12(11-13)17-16(23)18-14(19)8-9-15(20)21-4-2/h3,5-7,11H,1,4,8-10H2,2H3,(H2,17,18,19,23). The van der Waals surface area contributed by atoms with Crippen molar-refractivity contribution in [3.63, 3.8) is 0 Å². The van der Waals surface area contributed by atoms with Crippen molar-refractivity contribution in [2.75, 3.05) is 18.5 Å². The van der Waals surface area contributed by atoms with Crippen LogP contribution in [0.25, 0.3) is 0 Å². The van der Waals surface area contributed by atoms with Gasteiger partial charge in [-0.2, -0.15) is 0 Å². The topological polar surface area (TPSA) is 76.7 Å². The zero-order valence-electron chi connectivity index (χ0n) is 13.0. The molecule has 0 radical (unpaired) electrons. The number of amides is 1. The third-order valence-corrected chi connectivity index (χ3v) is 2.78. The average molecular weight is 336 g/mol. The number of hydrogen-bond acceptors (Lipinski definition) is 5. The van der Waals surface area contributed by atoms with Crippen LogP contribution in [0.1, 0.15) is 19.8 Å². The predicted molar refractivity (Wildman–Crippen MR) is 92.4 cm³/mol. The lowest BCUT2D eigenvalue weighted by Gasteiger charge is -2.11. The summed E-state index contributed by atoms with van der Waals surface area (Å²) in [5, 5.41) is 5.54. The van der Waals surface area contributed by atoms with E-state index in [0.29, 0.717) is 24.7 Å². The number of hydrogen-bond donors (Lipinski definition) is 2. The van der Waals surface area contributed by atoms with Gasteiger partial charge >= 0.3 is 5.97 Å². The normalized spacial score (nSPS) is 9.61. The second kappa shape index (κ2) is 10.3. The van der Waals surface area contributed by atoms with Gasteiger partial charge in [0.25, 0.3) is 0 Å². The summed E-state index contributed by atoms with van der Waals surface area (Å²) >= 11 is 5.06. The summed E-state index contributed by atoms with van der Waals surface area (Å²) in [6, 6.07) is 7.14. The van der Waals surface area contributed by atoms with Crippen LogP contribution in [-0.4, -0.2) is 30.2 Å². The lowest BCUT2D eigenvalue weighted by atomic mass is 10.3. The van der Waals surface area contributed by atoms with Crippen molar-refractivity contribution in [3.8, 4) is 5.75 Å². The Hall–Kier alpha value is -2.41. The van der Waals surface area contributed by atoms with E-state index in [1.54, 1.807) is 37.3 Å². The molecule has 0 spiro atoms. The summed E-state index contributed by atoms with van der Waals surface area (Å²) < 4.78 is 10.2. The van der Waals surface area contributed by atoms with Crippen LogP contribution in [0.4, 0.5) is 5.69 Å². The SMILES string of the molecule is C=CCOc1cccc(NC(=S)NC(=O)CCC(=O)OCC)c1. The van der Waals surface area contributed by atoms with Crippen molar-refractivity contribution in [3.05, 3.63) is 36.9 Å². The maximum Gasteiger partial charge on any atom is 0.306 e. The minimum atomic E-state index is -0.409. The number of benzene rings is 1. The van der Waals surface area contributed by atoms with Gasteiger partial charge in [-0.1, -0.05) is 18.7 Å². The number of carbonyl (C=O) groups excluding carboxylic acids is 2. The van der Waals surface area contributed by atoms with Gasteiger partial charge in [-0.05, 0) is 31.3 Å². The number of ether oxygens (including phenoxy) is 2. The monoisotopic (exact) mass is 336 g/mol. The molecule has 0 saturated heterocycles. The number of rotatable bonds is 8. The number of esters is 1. The Bertz CT molecular complexity index is 575. The second-order valence-corrected chi connectivity index (χ2v) is 4.84. The zero-order valence-corrected chi connectivity index (χ0v) is 13.8. The van der Waals surface area contributed by atoms with Gasteiger partial charge < -0.3 is 20.1 Å². The molecule has 0 aliphatic carbocycles. The molecule has 1 amide bonds. The van der Waals surface area contributed by atoms with Gasteiger partial charge in [-0.15, -0.1) is 0 Å². The van der Waals surface area contributed by atoms with Gasteiger partial charge in [0.15, 0.2) is 5.11 Å². The van der Waals surface area contributed by atoms with Crippen LogP contribution in [-0.2, 0) is 14.3 Å². The Morgan fingerprint density at radius 1 is 1.35 bits per heavy atom. The summed E-state index contributed by atoms with van der Waals surface area (Å²) in [4.78, 5) is 22.9. The predicted octanol–water partition coefficient (Wildman–Crippen LogP) is 2.41. The van der Waals surface area contributed by atoms with Crippen LogP contribution in [0.5, 0.6) is 5.75 Å². The maximum absolute atomic E-state index is 11.7. The van der Waals surface area contributed by atoms with Crippen molar-refractivity contribution in [2.24, 2.45) is 0 Å². The number of carbonyl (C=O) groups is 2. The molecule has 6 nitrogen and oxygen atoms in total. The molecular formula is C16H20N2O4S. The van der Waals surface area contributed by atoms with Crippen molar-refractivity contribution < 1.29 is 19.1 Å². The van der Waals surface area contributed by atoms with E-state index < -0.39 is 5.97 Å². The Balaban J connectivity index is 2.42.